The van der Waals surface area contributed by atoms with Crippen molar-refractivity contribution in [1.29, 1.82) is 0 Å². The summed E-state index contributed by atoms with van der Waals surface area (Å²) in [6.45, 7) is 4.23. The molecular weight excluding hydrogens is 200 g/mol. The Morgan fingerprint density at radius 1 is 1.19 bits per heavy atom. The van der Waals surface area contributed by atoms with Gasteiger partial charge < -0.3 is 9.73 Å². The number of hydrogen-bond donors (Lipinski definition) is 1. The van der Waals surface area contributed by atoms with Gasteiger partial charge in [0.1, 0.15) is 0 Å². The van der Waals surface area contributed by atoms with Gasteiger partial charge in [0.25, 0.3) is 0 Å². The van der Waals surface area contributed by atoms with Gasteiger partial charge in [-0.1, -0.05) is 6.07 Å². The molecule has 3 nitrogen and oxygen atoms in total. The Kier molecular flexibility index (Phi) is 3.37. The van der Waals surface area contributed by atoms with E-state index in [1.165, 1.54) is 0 Å². The molecular formula is C13H16N2O. The van der Waals surface area contributed by atoms with Crippen molar-refractivity contribution < 1.29 is 4.42 Å². The number of aromatic nitrogens is 1. The molecule has 2 atom stereocenters. The zero-order chi connectivity index (χ0) is 11.4. The highest BCUT2D eigenvalue weighted by Crippen LogP contribution is 2.17. The monoisotopic (exact) mass is 216 g/mol. The van der Waals surface area contributed by atoms with E-state index in [0.717, 1.165) is 11.3 Å². The first-order valence-electron chi connectivity index (χ1n) is 5.46. The van der Waals surface area contributed by atoms with Crippen LogP contribution in [0.1, 0.15) is 37.2 Å². The molecule has 0 bridgehead atoms. The number of nitrogens with one attached hydrogen (secondary N) is 1. The van der Waals surface area contributed by atoms with E-state index in [1.807, 2.05) is 30.5 Å². The summed E-state index contributed by atoms with van der Waals surface area (Å²) in [5, 5.41) is 3.48. The second-order valence-corrected chi connectivity index (χ2v) is 3.92. The van der Waals surface area contributed by atoms with Gasteiger partial charge in [0.2, 0.25) is 0 Å². The lowest BCUT2D eigenvalue weighted by Crippen LogP contribution is -2.22. The highest BCUT2D eigenvalue weighted by atomic mass is 16.3. The Bertz CT molecular complexity index is 411. The number of hydrogen-bond acceptors (Lipinski definition) is 3. The summed E-state index contributed by atoms with van der Waals surface area (Å²) in [5.41, 5.74) is 2.21. The van der Waals surface area contributed by atoms with Crippen LogP contribution in [0.15, 0.2) is 47.4 Å². The molecule has 2 rings (SSSR count). The van der Waals surface area contributed by atoms with E-state index in [1.54, 1.807) is 12.5 Å². The lowest BCUT2D eigenvalue weighted by Gasteiger charge is -2.18. The minimum Gasteiger partial charge on any atom is -0.472 e. The van der Waals surface area contributed by atoms with Crippen LogP contribution in [0.5, 0.6) is 0 Å². The maximum Gasteiger partial charge on any atom is 0.0950 e. The maximum atomic E-state index is 5.07. The number of pyridine rings is 1. The smallest absolute Gasteiger partial charge is 0.0950 e. The fourth-order valence-corrected chi connectivity index (χ4v) is 1.71. The summed E-state index contributed by atoms with van der Waals surface area (Å²) in [6, 6.07) is 8.42. The largest absolute Gasteiger partial charge is 0.472 e. The molecule has 0 aliphatic rings. The maximum absolute atomic E-state index is 5.07. The van der Waals surface area contributed by atoms with Crippen LogP contribution in [0.25, 0.3) is 0 Å². The lowest BCUT2D eigenvalue weighted by atomic mass is 10.1. The van der Waals surface area contributed by atoms with Crippen LogP contribution in [0.3, 0.4) is 0 Å². The van der Waals surface area contributed by atoms with Crippen molar-refractivity contribution in [2.75, 3.05) is 0 Å². The molecule has 2 aromatic heterocycles. The third kappa shape index (κ3) is 2.49. The van der Waals surface area contributed by atoms with Crippen LogP contribution in [0, 0.1) is 0 Å². The van der Waals surface area contributed by atoms with E-state index >= 15 is 0 Å². The molecule has 0 saturated carbocycles. The zero-order valence-electron chi connectivity index (χ0n) is 9.55. The fourth-order valence-electron chi connectivity index (χ4n) is 1.71. The molecule has 84 valence electrons. The Labute approximate surface area is 95.5 Å². The highest BCUT2D eigenvalue weighted by molar-refractivity contribution is 5.13. The molecule has 2 heterocycles. The summed E-state index contributed by atoms with van der Waals surface area (Å²) in [5.74, 6) is 0. The molecule has 3 heteroatoms. The summed E-state index contributed by atoms with van der Waals surface area (Å²) >= 11 is 0. The topological polar surface area (TPSA) is 38.1 Å². The van der Waals surface area contributed by atoms with E-state index in [-0.39, 0.29) is 12.1 Å². The first-order valence-corrected chi connectivity index (χ1v) is 5.46. The molecule has 0 fully saturated rings. The number of rotatable bonds is 4. The van der Waals surface area contributed by atoms with E-state index < -0.39 is 0 Å². The minimum absolute atomic E-state index is 0.228. The van der Waals surface area contributed by atoms with E-state index in [2.05, 4.69) is 24.1 Å². The Hall–Kier alpha value is -1.61. The van der Waals surface area contributed by atoms with E-state index in [9.17, 15) is 0 Å². The molecule has 16 heavy (non-hydrogen) atoms. The van der Waals surface area contributed by atoms with Gasteiger partial charge in [0.15, 0.2) is 0 Å². The quantitative estimate of drug-likeness (QED) is 0.853. The van der Waals surface area contributed by atoms with Crippen LogP contribution in [0.4, 0.5) is 0 Å². The third-order valence-electron chi connectivity index (χ3n) is 2.67. The molecule has 2 unspecified atom stereocenters. The first kappa shape index (κ1) is 10.9. The van der Waals surface area contributed by atoms with Gasteiger partial charge in [-0.25, -0.2) is 0 Å². The second kappa shape index (κ2) is 4.94. The van der Waals surface area contributed by atoms with E-state index in [4.69, 9.17) is 4.42 Å². The summed E-state index contributed by atoms with van der Waals surface area (Å²) in [6.07, 6.45) is 5.28. The molecule has 0 spiro atoms. The SMILES string of the molecule is CC(NC(C)c1ccccn1)c1ccoc1. The van der Waals surface area contributed by atoms with Crippen LogP contribution >= 0.6 is 0 Å². The van der Waals surface area contributed by atoms with Crippen LogP contribution in [-0.2, 0) is 0 Å². The first-order chi connectivity index (χ1) is 7.77. The Morgan fingerprint density at radius 2 is 2.06 bits per heavy atom. The summed E-state index contributed by atoms with van der Waals surface area (Å²) in [7, 11) is 0. The average molecular weight is 216 g/mol. The lowest BCUT2D eigenvalue weighted by molar-refractivity contribution is 0.479. The molecule has 0 aromatic carbocycles. The van der Waals surface area contributed by atoms with Crippen molar-refractivity contribution in [3.8, 4) is 0 Å². The van der Waals surface area contributed by atoms with E-state index in [0.29, 0.717) is 0 Å². The van der Waals surface area contributed by atoms with Gasteiger partial charge in [0, 0.05) is 23.8 Å². The second-order valence-electron chi connectivity index (χ2n) is 3.92. The molecule has 0 radical (unpaired) electrons. The fraction of sp³-hybridized carbons (Fsp3) is 0.308. The molecule has 0 aliphatic carbocycles. The Balaban J connectivity index is 2.00. The molecule has 0 aliphatic heterocycles. The predicted octanol–water partition coefficient (Wildman–Crippen LogP) is 3.09. The standard InChI is InChI=1S/C13H16N2O/c1-10(12-6-8-16-9-12)15-11(2)13-5-3-4-7-14-13/h3-11,15H,1-2H3. The van der Waals surface area contributed by atoms with Crippen molar-refractivity contribution in [2.24, 2.45) is 0 Å². The van der Waals surface area contributed by atoms with Crippen LogP contribution in [-0.4, -0.2) is 4.98 Å². The van der Waals surface area contributed by atoms with Crippen LogP contribution in [0.2, 0.25) is 0 Å². The Morgan fingerprint density at radius 3 is 2.69 bits per heavy atom. The zero-order valence-corrected chi connectivity index (χ0v) is 9.55. The van der Waals surface area contributed by atoms with Gasteiger partial charge in [-0.2, -0.15) is 0 Å². The molecule has 0 saturated heterocycles. The van der Waals surface area contributed by atoms with Gasteiger partial charge in [-0.05, 0) is 32.0 Å². The number of furan rings is 1. The van der Waals surface area contributed by atoms with Crippen molar-refractivity contribution in [2.45, 2.75) is 25.9 Å². The van der Waals surface area contributed by atoms with Gasteiger partial charge >= 0.3 is 0 Å². The van der Waals surface area contributed by atoms with Crippen molar-refractivity contribution in [3.63, 3.8) is 0 Å². The van der Waals surface area contributed by atoms with Crippen molar-refractivity contribution >= 4 is 0 Å². The normalized spacial score (nSPS) is 14.6. The molecule has 2 aromatic rings. The van der Waals surface area contributed by atoms with Gasteiger partial charge in [0.05, 0.1) is 18.2 Å². The average Bonchev–Trinajstić information content (AvgIpc) is 2.83. The predicted molar refractivity (Wildman–Crippen MR) is 62.9 cm³/mol. The molecule has 1 N–H and O–H groups in total. The summed E-state index contributed by atoms with van der Waals surface area (Å²) in [4.78, 5) is 4.33. The van der Waals surface area contributed by atoms with Gasteiger partial charge in [-0.3, -0.25) is 4.98 Å². The third-order valence-corrected chi connectivity index (χ3v) is 2.67. The summed E-state index contributed by atoms with van der Waals surface area (Å²) < 4.78 is 5.07. The van der Waals surface area contributed by atoms with Gasteiger partial charge in [-0.15, -0.1) is 0 Å². The van der Waals surface area contributed by atoms with Crippen LogP contribution < -0.4 is 5.32 Å². The minimum atomic E-state index is 0.228. The number of nitrogens with zero attached hydrogens (tertiary/aromatic N) is 1. The van der Waals surface area contributed by atoms with Crippen molar-refractivity contribution in [3.05, 3.63) is 54.2 Å². The molecule has 0 amide bonds. The highest BCUT2D eigenvalue weighted by Gasteiger charge is 2.12. The van der Waals surface area contributed by atoms with Crippen molar-refractivity contribution in [1.82, 2.24) is 10.3 Å².